The van der Waals surface area contributed by atoms with Crippen LogP contribution in [0.1, 0.15) is 35.1 Å². The fraction of sp³-hybridized carbons (Fsp3) is 0.222. The van der Waals surface area contributed by atoms with Crippen molar-refractivity contribution in [1.29, 1.82) is 0 Å². The Morgan fingerprint density at radius 3 is 2.83 bits per heavy atom. The van der Waals surface area contributed by atoms with E-state index in [1.54, 1.807) is 28.7 Å². The van der Waals surface area contributed by atoms with Crippen LogP contribution in [0.4, 0.5) is 5.69 Å². The molecule has 3 rings (SSSR count). The Bertz CT molecular complexity index is 868. The number of carbonyl (C=O) groups excluding carboxylic acids is 1. The maximum absolute atomic E-state index is 12.7. The molecule has 0 radical (unpaired) electrons. The molecule has 1 aromatic carbocycles. The zero-order valence-corrected chi connectivity index (χ0v) is 13.2. The first-order valence-electron chi connectivity index (χ1n) is 7.67. The fourth-order valence-corrected chi connectivity index (χ4v) is 2.61. The van der Waals surface area contributed by atoms with Crippen molar-refractivity contribution in [3.8, 4) is 5.75 Å². The predicted molar refractivity (Wildman–Crippen MR) is 90.0 cm³/mol. The number of phenolic OH excluding ortho intramolecular Hbond substituents is 1. The average molecular weight is 309 g/mol. The van der Waals surface area contributed by atoms with Crippen LogP contribution in [0, 0.1) is 6.92 Å². The smallest absolute Gasteiger partial charge is 0.274 e. The number of rotatable bonds is 4. The number of nitrogens with one attached hydrogen (secondary N) is 1. The molecule has 0 saturated heterocycles. The summed E-state index contributed by atoms with van der Waals surface area (Å²) in [5.74, 6) is -0.228. The number of amides is 1. The predicted octanol–water partition coefficient (Wildman–Crippen LogP) is 3.55. The maximum Gasteiger partial charge on any atom is 0.274 e. The van der Waals surface area contributed by atoms with Crippen molar-refractivity contribution in [3.63, 3.8) is 0 Å². The zero-order valence-electron chi connectivity index (χ0n) is 13.2. The lowest BCUT2D eigenvalue weighted by molar-refractivity contribution is 0.102. The Morgan fingerprint density at radius 2 is 2.09 bits per heavy atom. The van der Waals surface area contributed by atoms with Gasteiger partial charge in [0.05, 0.1) is 11.4 Å². The lowest BCUT2D eigenvalue weighted by atomic mass is 10.2. The van der Waals surface area contributed by atoms with Gasteiger partial charge in [0.15, 0.2) is 0 Å². The van der Waals surface area contributed by atoms with Crippen LogP contribution >= 0.6 is 0 Å². The molecule has 0 aliphatic heterocycles. The van der Waals surface area contributed by atoms with Gasteiger partial charge in [0, 0.05) is 6.20 Å². The Labute approximate surface area is 134 Å². The molecule has 0 spiro atoms. The highest BCUT2D eigenvalue weighted by molar-refractivity contribution is 6.05. The minimum absolute atomic E-state index is 0.0440. The number of aromatic nitrogens is 2. The van der Waals surface area contributed by atoms with E-state index in [1.807, 2.05) is 25.3 Å². The summed E-state index contributed by atoms with van der Waals surface area (Å²) >= 11 is 0. The maximum atomic E-state index is 12.7. The van der Waals surface area contributed by atoms with Crippen molar-refractivity contribution >= 4 is 17.2 Å². The number of anilines is 1. The Hall–Kier alpha value is -2.82. The summed E-state index contributed by atoms with van der Waals surface area (Å²) in [5, 5.41) is 12.6. The van der Waals surface area contributed by atoms with Crippen LogP contribution in [0.5, 0.6) is 5.75 Å². The van der Waals surface area contributed by atoms with Crippen molar-refractivity contribution in [1.82, 2.24) is 9.38 Å². The number of aryl methyl sites for hydroxylation is 2. The van der Waals surface area contributed by atoms with Crippen molar-refractivity contribution in [3.05, 3.63) is 59.5 Å². The summed E-state index contributed by atoms with van der Waals surface area (Å²) in [6.07, 6.45) is 3.49. The highest BCUT2D eigenvalue weighted by Crippen LogP contribution is 2.23. The molecule has 0 bridgehead atoms. The van der Waals surface area contributed by atoms with Crippen molar-refractivity contribution in [2.45, 2.75) is 26.7 Å². The van der Waals surface area contributed by atoms with Gasteiger partial charge in [-0.3, -0.25) is 9.20 Å². The number of imidazole rings is 1. The Morgan fingerprint density at radius 1 is 1.30 bits per heavy atom. The van der Waals surface area contributed by atoms with Crippen LogP contribution in [-0.4, -0.2) is 20.4 Å². The summed E-state index contributed by atoms with van der Waals surface area (Å²) in [6, 6.07) is 10.6. The number of para-hydroxylation sites is 2. The third-order valence-electron chi connectivity index (χ3n) is 3.71. The molecule has 0 unspecified atom stereocenters. The van der Waals surface area contributed by atoms with Gasteiger partial charge in [0.25, 0.3) is 5.91 Å². The van der Waals surface area contributed by atoms with Gasteiger partial charge in [-0.05, 0) is 43.2 Å². The molecule has 2 N–H and O–H groups in total. The van der Waals surface area contributed by atoms with Crippen LogP contribution in [0.3, 0.4) is 0 Å². The van der Waals surface area contributed by atoms with Crippen LogP contribution in [-0.2, 0) is 6.42 Å². The van der Waals surface area contributed by atoms with Crippen molar-refractivity contribution in [2.24, 2.45) is 0 Å². The van der Waals surface area contributed by atoms with E-state index in [0.29, 0.717) is 11.4 Å². The number of hydrogen-bond acceptors (Lipinski definition) is 3. The summed E-state index contributed by atoms with van der Waals surface area (Å²) in [6.45, 7) is 4.05. The molecular weight excluding hydrogens is 290 g/mol. The Balaban J connectivity index is 2.05. The second-order valence-corrected chi connectivity index (χ2v) is 5.56. The van der Waals surface area contributed by atoms with E-state index >= 15 is 0 Å². The van der Waals surface area contributed by atoms with E-state index in [0.717, 1.165) is 29.7 Å². The molecule has 2 heterocycles. The highest BCUT2D eigenvalue weighted by atomic mass is 16.3. The summed E-state index contributed by atoms with van der Waals surface area (Å²) < 4.78 is 1.80. The van der Waals surface area contributed by atoms with E-state index in [1.165, 1.54) is 0 Å². The van der Waals surface area contributed by atoms with Gasteiger partial charge >= 0.3 is 0 Å². The first-order valence-corrected chi connectivity index (χ1v) is 7.67. The molecule has 3 aromatic rings. The van der Waals surface area contributed by atoms with Crippen LogP contribution < -0.4 is 5.32 Å². The van der Waals surface area contributed by atoms with Gasteiger partial charge in [0.1, 0.15) is 17.1 Å². The number of nitrogens with zero attached hydrogens (tertiary/aromatic N) is 2. The van der Waals surface area contributed by atoms with E-state index in [2.05, 4.69) is 17.2 Å². The first-order chi connectivity index (χ1) is 11.1. The molecule has 1 amide bonds. The van der Waals surface area contributed by atoms with Gasteiger partial charge in [0.2, 0.25) is 0 Å². The molecule has 5 nitrogen and oxygen atoms in total. The van der Waals surface area contributed by atoms with E-state index < -0.39 is 0 Å². The van der Waals surface area contributed by atoms with Crippen LogP contribution in [0.2, 0.25) is 0 Å². The molecule has 0 aliphatic rings. The Kier molecular flexibility index (Phi) is 4.02. The molecule has 0 saturated carbocycles. The summed E-state index contributed by atoms with van der Waals surface area (Å²) in [5.41, 5.74) is 3.53. The quantitative estimate of drug-likeness (QED) is 0.724. The second-order valence-electron chi connectivity index (χ2n) is 5.56. The number of pyridine rings is 1. The third-order valence-corrected chi connectivity index (χ3v) is 3.71. The molecule has 23 heavy (non-hydrogen) atoms. The molecular formula is C18H19N3O2. The largest absolute Gasteiger partial charge is 0.506 e. The normalized spacial score (nSPS) is 10.9. The van der Waals surface area contributed by atoms with E-state index in [4.69, 9.17) is 0 Å². The molecule has 0 aliphatic carbocycles. The topological polar surface area (TPSA) is 66.6 Å². The molecule has 5 heteroatoms. The van der Waals surface area contributed by atoms with Gasteiger partial charge in [-0.25, -0.2) is 4.98 Å². The third kappa shape index (κ3) is 2.90. The number of benzene rings is 1. The summed E-state index contributed by atoms with van der Waals surface area (Å²) in [7, 11) is 0. The van der Waals surface area contributed by atoms with Crippen molar-refractivity contribution in [2.75, 3.05) is 5.32 Å². The molecule has 0 fully saturated rings. The minimum atomic E-state index is -0.272. The van der Waals surface area contributed by atoms with Crippen LogP contribution in [0.15, 0.2) is 42.6 Å². The SMILES string of the molecule is CCCc1nc2cc(C)ccn2c1C(=O)Nc1ccccc1O. The summed E-state index contributed by atoms with van der Waals surface area (Å²) in [4.78, 5) is 17.3. The second kappa shape index (κ2) is 6.12. The first kappa shape index (κ1) is 15.1. The monoisotopic (exact) mass is 309 g/mol. The molecule has 2 aromatic heterocycles. The standard InChI is InChI=1S/C18H19N3O2/c1-3-6-14-17(21-10-9-12(2)11-16(21)19-14)18(23)20-13-7-4-5-8-15(13)22/h4-5,7-11,22H,3,6H2,1-2H3,(H,20,23). The lowest BCUT2D eigenvalue weighted by Gasteiger charge is -2.08. The zero-order chi connectivity index (χ0) is 16.4. The van der Waals surface area contributed by atoms with Gasteiger partial charge < -0.3 is 10.4 Å². The number of carbonyl (C=O) groups is 1. The van der Waals surface area contributed by atoms with Gasteiger partial charge in [-0.1, -0.05) is 25.5 Å². The highest BCUT2D eigenvalue weighted by Gasteiger charge is 2.19. The van der Waals surface area contributed by atoms with Crippen molar-refractivity contribution < 1.29 is 9.90 Å². The minimum Gasteiger partial charge on any atom is -0.506 e. The average Bonchev–Trinajstić information content (AvgIpc) is 2.87. The number of phenols is 1. The lowest BCUT2D eigenvalue weighted by Crippen LogP contribution is -2.16. The number of fused-ring (bicyclic) bond motifs is 1. The van der Waals surface area contributed by atoms with Gasteiger partial charge in [-0.2, -0.15) is 0 Å². The van der Waals surface area contributed by atoms with E-state index in [-0.39, 0.29) is 11.7 Å². The molecule has 118 valence electrons. The van der Waals surface area contributed by atoms with Crippen LogP contribution in [0.25, 0.3) is 5.65 Å². The molecule has 0 atom stereocenters. The fourth-order valence-electron chi connectivity index (χ4n) is 2.61. The number of aromatic hydroxyl groups is 1. The van der Waals surface area contributed by atoms with E-state index in [9.17, 15) is 9.90 Å². The van der Waals surface area contributed by atoms with Gasteiger partial charge in [-0.15, -0.1) is 0 Å². The number of hydrogen-bond donors (Lipinski definition) is 2.